The Morgan fingerprint density at radius 3 is 2.44 bits per heavy atom. The first kappa shape index (κ1) is 13.1. The summed E-state index contributed by atoms with van der Waals surface area (Å²) in [4.78, 5) is 23.3. The number of thiophene rings is 1. The number of ketones is 1. The lowest BCUT2D eigenvalue weighted by atomic mass is 10.2. The average molecular weight is 258 g/mol. The van der Waals surface area contributed by atoms with E-state index >= 15 is 0 Å². The molecule has 0 aliphatic heterocycles. The Morgan fingerprint density at radius 2 is 2.00 bits per heavy atom. The molecule has 0 saturated carbocycles. The fraction of sp³-hybridized carbons (Fsp3) is 0.400. The summed E-state index contributed by atoms with van der Waals surface area (Å²) >= 11 is 2.74. The van der Waals surface area contributed by atoms with E-state index in [1.807, 2.05) is 6.92 Å². The maximum Gasteiger partial charge on any atom is 0.252 e. The summed E-state index contributed by atoms with van der Waals surface area (Å²) < 4.78 is 0.740. The Kier molecular flexibility index (Phi) is 4.37. The van der Waals surface area contributed by atoms with Crippen molar-refractivity contribution >= 4 is 40.5 Å². The van der Waals surface area contributed by atoms with Gasteiger partial charge in [-0.25, -0.2) is 0 Å². The van der Waals surface area contributed by atoms with Gasteiger partial charge in [0.2, 0.25) is 0 Å². The third kappa shape index (κ3) is 2.38. The Balaban J connectivity index is 3.29. The second-order valence-corrected chi connectivity index (χ2v) is 5.63. The number of Topliss-reactive ketones (excluding diaryl/α,β-unsaturated/α-hetero) is 1. The number of rotatable bonds is 5. The predicted octanol–water partition coefficient (Wildman–Crippen LogP) is 2.13. The SMILES string of the molecule is CCSc1sc(C(=O)CC)c(N)c1C(N)=O. The summed E-state index contributed by atoms with van der Waals surface area (Å²) in [6, 6.07) is 0. The molecule has 1 amide bonds. The molecule has 1 rings (SSSR count). The van der Waals surface area contributed by atoms with Gasteiger partial charge in [0.15, 0.2) is 5.78 Å². The second kappa shape index (κ2) is 5.36. The van der Waals surface area contributed by atoms with Gasteiger partial charge in [0, 0.05) is 6.42 Å². The van der Waals surface area contributed by atoms with Crippen molar-refractivity contribution in [2.75, 3.05) is 11.5 Å². The zero-order valence-corrected chi connectivity index (χ0v) is 10.8. The Morgan fingerprint density at radius 1 is 1.38 bits per heavy atom. The van der Waals surface area contributed by atoms with Crippen LogP contribution in [0.4, 0.5) is 5.69 Å². The summed E-state index contributed by atoms with van der Waals surface area (Å²) in [6.07, 6.45) is 0.374. The van der Waals surface area contributed by atoms with Crippen molar-refractivity contribution in [2.24, 2.45) is 5.73 Å². The predicted molar refractivity (Wildman–Crippen MR) is 68.3 cm³/mol. The van der Waals surface area contributed by atoms with Crippen LogP contribution in [0.25, 0.3) is 0 Å². The van der Waals surface area contributed by atoms with Crippen LogP contribution in [0.15, 0.2) is 4.21 Å². The van der Waals surface area contributed by atoms with Crippen LogP contribution in [0.3, 0.4) is 0 Å². The molecular weight excluding hydrogens is 244 g/mol. The van der Waals surface area contributed by atoms with Gasteiger partial charge in [-0.3, -0.25) is 9.59 Å². The molecule has 6 heteroatoms. The first-order valence-electron chi connectivity index (χ1n) is 4.90. The molecule has 0 radical (unpaired) electrons. The van der Waals surface area contributed by atoms with E-state index in [-0.39, 0.29) is 11.5 Å². The van der Waals surface area contributed by atoms with E-state index in [1.54, 1.807) is 6.92 Å². The van der Waals surface area contributed by atoms with E-state index in [0.717, 1.165) is 9.96 Å². The van der Waals surface area contributed by atoms with Crippen LogP contribution < -0.4 is 11.5 Å². The monoisotopic (exact) mass is 258 g/mol. The van der Waals surface area contributed by atoms with E-state index in [0.29, 0.717) is 16.9 Å². The zero-order valence-electron chi connectivity index (χ0n) is 9.20. The molecule has 0 unspecified atom stereocenters. The summed E-state index contributed by atoms with van der Waals surface area (Å²) in [5.74, 6) is 0.188. The Bertz CT molecular complexity index is 427. The lowest BCUT2D eigenvalue weighted by Crippen LogP contribution is -2.13. The maximum absolute atomic E-state index is 11.6. The Hall–Kier alpha value is -1.01. The van der Waals surface area contributed by atoms with Crippen LogP contribution in [0.5, 0.6) is 0 Å². The first-order valence-corrected chi connectivity index (χ1v) is 6.71. The third-order valence-electron chi connectivity index (χ3n) is 2.01. The molecule has 16 heavy (non-hydrogen) atoms. The van der Waals surface area contributed by atoms with Crippen molar-refractivity contribution in [1.82, 2.24) is 0 Å². The van der Waals surface area contributed by atoms with Crippen molar-refractivity contribution in [1.29, 1.82) is 0 Å². The molecule has 0 fully saturated rings. The molecule has 0 saturated heterocycles. The molecular formula is C10H14N2O2S2. The molecule has 0 atom stereocenters. The lowest BCUT2D eigenvalue weighted by Gasteiger charge is -1.98. The number of amides is 1. The maximum atomic E-state index is 11.6. The number of carbonyl (C=O) groups excluding carboxylic acids is 2. The van der Waals surface area contributed by atoms with Gasteiger partial charge in [0.05, 0.1) is 20.3 Å². The highest BCUT2D eigenvalue weighted by Crippen LogP contribution is 2.38. The fourth-order valence-electron chi connectivity index (χ4n) is 1.26. The minimum atomic E-state index is -0.570. The van der Waals surface area contributed by atoms with E-state index in [2.05, 4.69) is 0 Å². The molecule has 1 aromatic rings. The molecule has 0 bridgehead atoms. The van der Waals surface area contributed by atoms with Gasteiger partial charge in [0.1, 0.15) is 0 Å². The zero-order chi connectivity index (χ0) is 12.3. The van der Waals surface area contributed by atoms with Crippen LogP contribution in [0.2, 0.25) is 0 Å². The number of primary amides is 1. The third-order valence-corrected chi connectivity index (χ3v) is 4.41. The highest BCUT2D eigenvalue weighted by atomic mass is 32.2. The molecule has 1 heterocycles. The van der Waals surface area contributed by atoms with Gasteiger partial charge in [0.25, 0.3) is 5.91 Å². The molecule has 4 N–H and O–H groups in total. The average Bonchev–Trinajstić information content (AvgIpc) is 2.55. The van der Waals surface area contributed by atoms with E-state index in [4.69, 9.17) is 11.5 Å². The van der Waals surface area contributed by atoms with Gasteiger partial charge in [-0.2, -0.15) is 0 Å². The minimum absolute atomic E-state index is 0.0482. The van der Waals surface area contributed by atoms with Crippen LogP contribution in [-0.2, 0) is 0 Å². The van der Waals surface area contributed by atoms with Crippen molar-refractivity contribution in [3.63, 3.8) is 0 Å². The number of carbonyl (C=O) groups is 2. The molecule has 4 nitrogen and oxygen atoms in total. The number of hydrogen-bond donors (Lipinski definition) is 2. The molecule has 0 spiro atoms. The molecule has 0 aliphatic rings. The van der Waals surface area contributed by atoms with Gasteiger partial charge in [-0.15, -0.1) is 23.1 Å². The number of hydrogen-bond acceptors (Lipinski definition) is 5. The van der Waals surface area contributed by atoms with Crippen molar-refractivity contribution in [2.45, 2.75) is 24.5 Å². The number of nitrogen functional groups attached to an aromatic ring is 1. The van der Waals surface area contributed by atoms with Gasteiger partial charge in [-0.05, 0) is 5.75 Å². The first-order chi connectivity index (χ1) is 7.52. The quantitative estimate of drug-likeness (QED) is 0.625. The van der Waals surface area contributed by atoms with Crippen molar-refractivity contribution < 1.29 is 9.59 Å². The lowest BCUT2D eigenvalue weighted by molar-refractivity contribution is 0.0991. The van der Waals surface area contributed by atoms with Crippen LogP contribution in [-0.4, -0.2) is 17.4 Å². The summed E-state index contributed by atoms with van der Waals surface area (Å²) in [5, 5.41) is 0. The minimum Gasteiger partial charge on any atom is -0.397 e. The Labute approximate surface area is 102 Å². The topological polar surface area (TPSA) is 86.2 Å². The van der Waals surface area contributed by atoms with Crippen LogP contribution in [0, 0.1) is 0 Å². The summed E-state index contributed by atoms with van der Waals surface area (Å²) in [7, 11) is 0. The highest BCUT2D eigenvalue weighted by Gasteiger charge is 2.22. The largest absolute Gasteiger partial charge is 0.397 e. The normalized spacial score (nSPS) is 10.4. The molecule has 0 aromatic carbocycles. The number of thioether (sulfide) groups is 1. The molecule has 88 valence electrons. The summed E-state index contributed by atoms with van der Waals surface area (Å²) in [5.41, 5.74) is 11.6. The van der Waals surface area contributed by atoms with Gasteiger partial charge < -0.3 is 11.5 Å². The van der Waals surface area contributed by atoms with E-state index in [1.165, 1.54) is 23.1 Å². The number of nitrogens with two attached hydrogens (primary N) is 2. The van der Waals surface area contributed by atoms with E-state index < -0.39 is 5.91 Å². The van der Waals surface area contributed by atoms with E-state index in [9.17, 15) is 9.59 Å². The number of anilines is 1. The van der Waals surface area contributed by atoms with Crippen LogP contribution in [0.1, 0.15) is 40.3 Å². The standard InChI is InChI=1S/C10H14N2O2S2/c1-3-5(13)8-7(11)6(9(12)14)10(16-8)15-4-2/h3-4,11H2,1-2H3,(H2,12,14). The van der Waals surface area contributed by atoms with Crippen LogP contribution >= 0.6 is 23.1 Å². The molecule has 0 aliphatic carbocycles. The summed E-state index contributed by atoms with van der Waals surface area (Å²) in [6.45, 7) is 3.73. The van der Waals surface area contributed by atoms with Crippen molar-refractivity contribution in [3.05, 3.63) is 10.4 Å². The smallest absolute Gasteiger partial charge is 0.252 e. The fourth-order valence-corrected chi connectivity index (χ4v) is 3.68. The molecule has 1 aromatic heterocycles. The van der Waals surface area contributed by atoms with Crippen molar-refractivity contribution in [3.8, 4) is 0 Å². The highest BCUT2D eigenvalue weighted by molar-refractivity contribution is 8.01. The van der Waals surface area contributed by atoms with Gasteiger partial charge in [-0.1, -0.05) is 13.8 Å². The van der Waals surface area contributed by atoms with Gasteiger partial charge >= 0.3 is 0 Å². The second-order valence-electron chi connectivity index (χ2n) is 3.08.